The van der Waals surface area contributed by atoms with Crippen molar-refractivity contribution in [3.05, 3.63) is 28.8 Å². The third-order valence-electron chi connectivity index (χ3n) is 4.10. The minimum absolute atomic E-state index is 0.0537. The average molecular weight is 303 g/mol. The SMILES string of the molecule is NCC#Cc1ccc(Cl)cc1N1C(=O)C2CCC(C2)C1=O. The second-order valence-electron chi connectivity index (χ2n) is 5.39. The molecule has 1 aliphatic carbocycles. The number of carbonyl (C=O) groups excluding carboxylic acids is 2. The number of anilines is 1. The fourth-order valence-electron chi connectivity index (χ4n) is 3.08. The van der Waals surface area contributed by atoms with Crippen LogP contribution in [0.5, 0.6) is 0 Å². The summed E-state index contributed by atoms with van der Waals surface area (Å²) in [5, 5.41) is 0.474. The van der Waals surface area contributed by atoms with Crippen LogP contribution < -0.4 is 10.6 Å². The zero-order chi connectivity index (χ0) is 15.0. The number of halogens is 1. The van der Waals surface area contributed by atoms with Gasteiger partial charge in [0.05, 0.1) is 12.2 Å². The van der Waals surface area contributed by atoms with Crippen molar-refractivity contribution in [1.82, 2.24) is 0 Å². The number of imide groups is 1. The van der Waals surface area contributed by atoms with E-state index in [1.807, 2.05) is 0 Å². The molecule has 0 radical (unpaired) electrons. The molecule has 4 nitrogen and oxygen atoms in total. The monoisotopic (exact) mass is 302 g/mol. The van der Waals surface area contributed by atoms with Gasteiger partial charge < -0.3 is 5.73 Å². The van der Waals surface area contributed by atoms with E-state index in [4.69, 9.17) is 17.3 Å². The molecule has 2 bridgehead atoms. The molecule has 1 aliphatic heterocycles. The lowest BCUT2D eigenvalue weighted by Gasteiger charge is -2.30. The first-order valence-electron chi connectivity index (χ1n) is 6.98. The number of rotatable bonds is 1. The molecule has 21 heavy (non-hydrogen) atoms. The summed E-state index contributed by atoms with van der Waals surface area (Å²) >= 11 is 6.03. The molecule has 1 saturated carbocycles. The third-order valence-corrected chi connectivity index (χ3v) is 4.33. The van der Waals surface area contributed by atoms with Crippen molar-refractivity contribution in [2.75, 3.05) is 11.4 Å². The smallest absolute Gasteiger partial charge is 0.236 e. The van der Waals surface area contributed by atoms with Crippen molar-refractivity contribution in [2.24, 2.45) is 17.6 Å². The van der Waals surface area contributed by atoms with E-state index in [2.05, 4.69) is 11.8 Å². The summed E-state index contributed by atoms with van der Waals surface area (Å²) in [6.07, 6.45) is 2.25. The summed E-state index contributed by atoms with van der Waals surface area (Å²) in [7, 11) is 0. The van der Waals surface area contributed by atoms with Gasteiger partial charge in [-0.2, -0.15) is 0 Å². The first kappa shape index (κ1) is 14.1. The maximum atomic E-state index is 12.5. The summed E-state index contributed by atoms with van der Waals surface area (Å²) in [6, 6.07) is 5.04. The van der Waals surface area contributed by atoms with Gasteiger partial charge in [-0.05, 0) is 37.5 Å². The highest BCUT2D eigenvalue weighted by Crippen LogP contribution is 2.41. The van der Waals surface area contributed by atoms with Crippen LogP contribution in [0, 0.1) is 23.7 Å². The highest BCUT2D eigenvalue weighted by atomic mass is 35.5. The summed E-state index contributed by atoms with van der Waals surface area (Å²) in [5.74, 6) is 5.29. The van der Waals surface area contributed by atoms with Crippen LogP contribution in [0.15, 0.2) is 18.2 Å². The van der Waals surface area contributed by atoms with Gasteiger partial charge in [0.25, 0.3) is 0 Å². The number of hydrogen-bond acceptors (Lipinski definition) is 3. The van der Waals surface area contributed by atoms with Crippen molar-refractivity contribution >= 4 is 29.1 Å². The van der Waals surface area contributed by atoms with Crippen LogP contribution in [0.3, 0.4) is 0 Å². The molecule has 108 valence electrons. The fraction of sp³-hybridized carbons (Fsp3) is 0.375. The van der Waals surface area contributed by atoms with Gasteiger partial charge in [-0.3, -0.25) is 9.59 Å². The van der Waals surface area contributed by atoms with E-state index in [9.17, 15) is 9.59 Å². The van der Waals surface area contributed by atoms with Crippen molar-refractivity contribution in [2.45, 2.75) is 19.3 Å². The van der Waals surface area contributed by atoms with Crippen molar-refractivity contribution in [1.29, 1.82) is 0 Å². The molecule has 0 aromatic heterocycles. The lowest BCUT2D eigenvalue weighted by atomic mass is 9.95. The van der Waals surface area contributed by atoms with Crippen LogP contribution in [-0.4, -0.2) is 18.4 Å². The molecule has 2 aliphatic rings. The Bertz CT molecular complexity index is 653. The third kappa shape index (κ3) is 2.44. The number of amides is 2. The van der Waals surface area contributed by atoms with Gasteiger partial charge in [-0.25, -0.2) is 4.90 Å². The number of hydrogen-bond donors (Lipinski definition) is 1. The molecule has 1 aromatic rings. The van der Waals surface area contributed by atoms with Crippen LogP contribution in [0.2, 0.25) is 5.02 Å². The first-order valence-corrected chi connectivity index (χ1v) is 7.36. The number of piperidine rings is 1. The lowest BCUT2D eigenvalue weighted by Crippen LogP contribution is -2.46. The van der Waals surface area contributed by atoms with Crippen molar-refractivity contribution < 1.29 is 9.59 Å². The van der Waals surface area contributed by atoms with Crippen LogP contribution in [-0.2, 0) is 9.59 Å². The summed E-state index contributed by atoms with van der Waals surface area (Å²) < 4.78 is 0. The predicted octanol–water partition coefficient (Wildman–Crippen LogP) is 1.94. The van der Waals surface area contributed by atoms with Gasteiger partial charge in [0.15, 0.2) is 0 Å². The van der Waals surface area contributed by atoms with Crippen LogP contribution in [0.1, 0.15) is 24.8 Å². The minimum Gasteiger partial charge on any atom is -0.320 e. The summed E-state index contributed by atoms with van der Waals surface area (Å²) in [4.78, 5) is 26.3. The highest BCUT2D eigenvalue weighted by molar-refractivity contribution is 6.31. The van der Waals surface area contributed by atoms with E-state index in [0.29, 0.717) is 22.7 Å². The predicted molar refractivity (Wildman–Crippen MR) is 80.7 cm³/mol. The maximum absolute atomic E-state index is 12.5. The Morgan fingerprint density at radius 1 is 1.24 bits per heavy atom. The Morgan fingerprint density at radius 2 is 1.90 bits per heavy atom. The van der Waals surface area contributed by atoms with E-state index in [1.54, 1.807) is 18.2 Å². The second-order valence-corrected chi connectivity index (χ2v) is 5.82. The Kier molecular flexibility index (Phi) is 3.71. The molecule has 2 unspecified atom stereocenters. The lowest BCUT2D eigenvalue weighted by molar-refractivity contribution is -0.133. The number of nitrogens with two attached hydrogens (primary N) is 1. The number of benzene rings is 1. The van der Waals surface area contributed by atoms with Crippen molar-refractivity contribution in [3.63, 3.8) is 0 Å². The van der Waals surface area contributed by atoms with Crippen molar-refractivity contribution in [3.8, 4) is 11.8 Å². The molecule has 3 rings (SSSR count). The molecule has 2 atom stereocenters. The Labute approximate surface area is 128 Å². The molecule has 2 N–H and O–H groups in total. The Hall–Kier alpha value is -1.83. The zero-order valence-corrected chi connectivity index (χ0v) is 12.2. The molecule has 1 saturated heterocycles. The molecule has 1 heterocycles. The molecular formula is C16H15ClN2O2. The van der Waals surface area contributed by atoms with E-state index < -0.39 is 0 Å². The van der Waals surface area contributed by atoms with E-state index in [1.165, 1.54) is 4.90 Å². The molecule has 2 fully saturated rings. The largest absolute Gasteiger partial charge is 0.320 e. The van der Waals surface area contributed by atoms with Gasteiger partial charge in [0.1, 0.15) is 0 Å². The Morgan fingerprint density at radius 3 is 2.52 bits per heavy atom. The van der Waals surface area contributed by atoms with Gasteiger partial charge in [0, 0.05) is 22.4 Å². The summed E-state index contributed by atoms with van der Waals surface area (Å²) in [5.41, 5.74) is 6.48. The van der Waals surface area contributed by atoms with Gasteiger partial charge in [-0.15, -0.1) is 0 Å². The number of carbonyl (C=O) groups is 2. The Balaban J connectivity index is 2.08. The topological polar surface area (TPSA) is 63.4 Å². The number of nitrogens with zero attached hydrogens (tertiary/aromatic N) is 1. The minimum atomic E-state index is -0.133. The quantitative estimate of drug-likeness (QED) is 0.637. The van der Waals surface area contributed by atoms with E-state index >= 15 is 0 Å². The molecular weight excluding hydrogens is 288 g/mol. The van der Waals surface area contributed by atoms with Gasteiger partial charge in [-0.1, -0.05) is 23.4 Å². The fourth-order valence-corrected chi connectivity index (χ4v) is 3.25. The second kappa shape index (κ2) is 5.51. The van der Waals surface area contributed by atoms with E-state index in [0.717, 1.165) is 12.8 Å². The molecule has 5 heteroatoms. The standard InChI is InChI=1S/C16H15ClN2O2/c17-13-6-5-10(2-1-7-18)14(9-13)19-15(20)11-3-4-12(8-11)16(19)21/h5-6,9,11-12H,3-4,7-8,18H2. The number of fused-ring (bicyclic) bond motifs is 2. The average Bonchev–Trinajstić information content (AvgIpc) is 2.92. The van der Waals surface area contributed by atoms with Crippen LogP contribution >= 0.6 is 11.6 Å². The first-order chi connectivity index (χ1) is 10.1. The molecule has 1 aromatic carbocycles. The zero-order valence-electron chi connectivity index (χ0n) is 11.4. The van der Waals surface area contributed by atoms with Gasteiger partial charge >= 0.3 is 0 Å². The van der Waals surface area contributed by atoms with Crippen LogP contribution in [0.25, 0.3) is 0 Å². The normalized spacial score (nSPS) is 24.0. The van der Waals surface area contributed by atoms with Crippen LogP contribution in [0.4, 0.5) is 5.69 Å². The molecule has 0 spiro atoms. The molecule has 2 amide bonds. The van der Waals surface area contributed by atoms with E-state index in [-0.39, 0.29) is 30.2 Å². The summed E-state index contributed by atoms with van der Waals surface area (Å²) in [6.45, 7) is 0.217. The maximum Gasteiger partial charge on any atom is 0.236 e. The highest BCUT2D eigenvalue weighted by Gasteiger charge is 2.46. The van der Waals surface area contributed by atoms with Gasteiger partial charge in [0.2, 0.25) is 11.8 Å².